The van der Waals surface area contributed by atoms with Gasteiger partial charge in [0.2, 0.25) is 0 Å². The standard InChI is InChI=1S/C11H8F2N2O4/c1-2-19-11(16)7-3-6(10(12)13)4-9(15(17)18)8(7)5-14/h3-4,10H,2H2,1H3. The zero-order chi connectivity index (χ0) is 14.6. The first-order valence-corrected chi connectivity index (χ1v) is 5.10. The molecule has 0 fully saturated rings. The van der Waals surface area contributed by atoms with Crippen LogP contribution in [-0.4, -0.2) is 17.5 Å². The topological polar surface area (TPSA) is 93.2 Å². The highest BCUT2D eigenvalue weighted by Gasteiger charge is 2.26. The number of hydrogen-bond acceptors (Lipinski definition) is 5. The maximum absolute atomic E-state index is 12.6. The molecule has 1 aromatic rings. The zero-order valence-corrected chi connectivity index (χ0v) is 9.72. The molecule has 0 aliphatic heterocycles. The van der Waals surface area contributed by atoms with E-state index >= 15 is 0 Å². The number of carbonyl (C=O) groups is 1. The van der Waals surface area contributed by atoms with Crippen LogP contribution in [0.4, 0.5) is 14.5 Å². The fourth-order valence-corrected chi connectivity index (χ4v) is 1.41. The van der Waals surface area contributed by atoms with Gasteiger partial charge in [-0.3, -0.25) is 10.1 Å². The molecule has 0 amide bonds. The van der Waals surface area contributed by atoms with Crippen LogP contribution in [0.15, 0.2) is 12.1 Å². The summed E-state index contributed by atoms with van der Waals surface area (Å²) in [5, 5.41) is 19.6. The maximum atomic E-state index is 12.6. The molecule has 8 heteroatoms. The fourth-order valence-electron chi connectivity index (χ4n) is 1.41. The SMILES string of the molecule is CCOC(=O)c1cc(C(F)F)cc([N+](=O)[O-])c1C#N. The highest BCUT2D eigenvalue weighted by atomic mass is 19.3. The van der Waals surface area contributed by atoms with Gasteiger partial charge in [0.15, 0.2) is 0 Å². The van der Waals surface area contributed by atoms with Crippen LogP contribution in [-0.2, 0) is 4.74 Å². The van der Waals surface area contributed by atoms with Crippen molar-refractivity contribution in [2.24, 2.45) is 0 Å². The predicted molar refractivity (Wildman–Crippen MR) is 58.7 cm³/mol. The Morgan fingerprint density at radius 1 is 1.58 bits per heavy atom. The number of esters is 1. The lowest BCUT2D eigenvalue weighted by Crippen LogP contribution is -2.10. The molecular weight excluding hydrogens is 262 g/mol. The van der Waals surface area contributed by atoms with Crippen molar-refractivity contribution in [1.82, 2.24) is 0 Å². The van der Waals surface area contributed by atoms with E-state index in [0.717, 1.165) is 6.07 Å². The first kappa shape index (κ1) is 14.5. The minimum Gasteiger partial charge on any atom is -0.462 e. The van der Waals surface area contributed by atoms with Crippen molar-refractivity contribution in [3.63, 3.8) is 0 Å². The molecular formula is C11H8F2N2O4. The van der Waals surface area contributed by atoms with E-state index in [0.29, 0.717) is 6.07 Å². The van der Waals surface area contributed by atoms with Gasteiger partial charge >= 0.3 is 5.97 Å². The number of nitrogens with zero attached hydrogens (tertiary/aromatic N) is 2. The predicted octanol–water partition coefficient (Wildman–Crippen LogP) is 2.58. The number of rotatable bonds is 4. The van der Waals surface area contributed by atoms with Crippen LogP contribution in [0.25, 0.3) is 0 Å². The summed E-state index contributed by atoms with van der Waals surface area (Å²) in [4.78, 5) is 21.3. The van der Waals surface area contributed by atoms with E-state index in [1.807, 2.05) is 0 Å². The van der Waals surface area contributed by atoms with E-state index in [1.54, 1.807) is 0 Å². The number of ether oxygens (including phenoxy) is 1. The van der Waals surface area contributed by atoms with E-state index in [4.69, 9.17) is 5.26 Å². The Bertz CT molecular complexity index is 567. The summed E-state index contributed by atoms with van der Waals surface area (Å²) in [6.07, 6.45) is -3.00. The Balaban J connectivity index is 3.55. The van der Waals surface area contributed by atoms with Crippen molar-refractivity contribution in [3.8, 4) is 6.07 Å². The second kappa shape index (κ2) is 5.86. The third kappa shape index (κ3) is 3.01. The van der Waals surface area contributed by atoms with Crippen LogP contribution in [0.1, 0.15) is 34.8 Å². The molecule has 1 rings (SSSR count). The van der Waals surface area contributed by atoms with Crippen LogP contribution >= 0.6 is 0 Å². The molecule has 0 aliphatic carbocycles. The molecule has 0 aromatic heterocycles. The third-order valence-corrected chi connectivity index (χ3v) is 2.20. The number of hydrogen-bond donors (Lipinski definition) is 0. The van der Waals surface area contributed by atoms with Crippen molar-refractivity contribution < 1.29 is 23.2 Å². The van der Waals surface area contributed by atoms with Gasteiger partial charge in [0, 0.05) is 11.6 Å². The van der Waals surface area contributed by atoms with E-state index in [1.165, 1.54) is 13.0 Å². The molecule has 0 bridgehead atoms. The van der Waals surface area contributed by atoms with Gasteiger partial charge < -0.3 is 4.74 Å². The van der Waals surface area contributed by atoms with Crippen molar-refractivity contribution >= 4 is 11.7 Å². The van der Waals surface area contributed by atoms with Gasteiger partial charge in [-0.2, -0.15) is 5.26 Å². The molecule has 0 N–H and O–H groups in total. The Morgan fingerprint density at radius 2 is 2.21 bits per heavy atom. The number of alkyl halides is 2. The van der Waals surface area contributed by atoms with Gasteiger partial charge in [-0.15, -0.1) is 0 Å². The molecule has 0 unspecified atom stereocenters. The second-order valence-corrected chi connectivity index (χ2v) is 3.35. The molecule has 0 atom stereocenters. The first-order valence-electron chi connectivity index (χ1n) is 5.10. The lowest BCUT2D eigenvalue weighted by Gasteiger charge is -2.07. The number of nitriles is 1. The minimum atomic E-state index is -3.00. The molecule has 0 saturated carbocycles. The van der Waals surface area contributed by atoms with Crippen molar-refractivity contribution in [3.05, 3.63) is 38.9 Å². The quantitative estimate of drug-likeness (QED) is 0.476. The zero-order valence-electron chi connectivity index (χ0n) is 9.72. The molecule has 0 radical (unpaired) electrons. The monoisotopic (exact) mass is 270 g/mol. The maximum Gasteiger partial charge on any atom is 0.339 e. The first-order chi connectivity index (χ1) is 8.92. The lowest BCUT2D eigenvalue weighted by molar-refractivity contribution is -0.385. The van der Waals surface area contributed by atoms with Crippen molar-refractivity contribution in [2.75, 3.05) is 6.61 Å². The van der Waals surface area contributed by atoms with E-state index in [9.17, 15) is 23.7 Å². The summed E-state index contributed by atoms with van der Waals surface area (Å²) in [6, 6.07) is 2.77. The highest BCUT2D eigenvalue weighted by molar-refractivity contribution is 5.94. The van der Waals surface area contributed by atoms with Gasteiger partial charge in [-0.25, -0.2) is 13.6 Å². The molecule has 100 valence electrons. The normalized spacial score (nSPS) is 10.1. The molecule has 0 saturated heterocycles. The second-order valence-electron chi connectivity index (χ2n) is 3.35. The van der Waals surface area contributed by atoms with Gasteiger partial charge in [0.25, 0.3) is 12.1 Å². The summed E-state index contributed by atoms with van der Waals surface area (Å²) >= 11 is 0. The molecule has 1 aromatic carbocycles. The molecule has 6 nitrogen and oxygen atoms in total. The molecule has 0 aliphatic rings. The van der Waals surface area contributed by atoms with Gasteiger partial charge in [0.1, 0.15) is 11.6 Å². The van der Waals surface area contributed by atoms with Crippen LogP contribution < -0.4 is 0 Å². The smallest absolute Gasteiger partial charge is 0.339 e. The van der Waals surface area contributed by atoms with Crippen LogP contribution in [0, 0.1) is 21.4 Å². The average Bonchev–Trinajstić information content (AvgIpc) is 2.36. The van der Waals surface area contributed by atoms with E-state index < -0.39 is 39.7 Å². The Labute approximate surface area is 106 Å². The number of nitro benzene ring substituents is 1. The van der Waals surface area contributed by atoms with Crippen LogP contribution in [0.2, 0.25) is 0 Å². The largest absolute Gasteiger partial charge is 0.462 e. The van der Waals surface area contributed by atoms with Crippen LogP contribution in [0.3, 0.4) is 0 Å². The fraction of sp³-hybridized carbons (Fsp3) is 0.273. The molecule has 19 heavy (non-hydrogen) atoms. The lowest BCUT2D eigenvalue weighted by atomic mass is 10.0. The van der Waals surface area contributed by atoms with Crippen LogP contribution in [0.5, 0.6) is 0 Å². The van der Waals surface area contributed by atoms with E-state index in [-0.39, 0.29) is 6.61 Å². The molecule has 0 heterocycles. The summed E-state index contributed by atoms with van der Waals surface area (Å²) in [6.45, 7) is 1.44. The summed E-state index contributed by atoms with van der Waals surface area (Å²) in [5.41, 5.74) is -2.68. The number of benzene rings is 1. The number of nitro groups is 1. The molecule has 0 spiro atoms. The highest BCUT2D eigenvalue weighted by Crippen LogP contribution is 2.29. The average molecular weight is 270 g/mol. The summed E-state index contributed by atoms with van der Waals surface area (Å²) in [5.74, 6) is -1.05. The minimum absolute atomic E-state index is 0.0452. The van der Waals surface area contributed by atoms with Gasteiger partial charge in [-0.1, -0.05) is 0 Å². The van der Waals surface area contributed by atoms with E-state index in [2.05, 4.69) is 4.74 Å². The van der Waals surface area contributed by atoms with Gasteiger partial charge in [-0.05, 0) is 13.0 Å². The summed E-state index contributed by atoms with van der Waals surface area (Å²) < 4.78 is 29.8. The Morgan fingerprint density at radius 3 is 2.63 bits per heavy atom. The Kier molecular flexibility index (Phi) is 4.47. The number of halogens is 2. The third-order valence-electron chi connectivity index (χ3n) is 2.20. The Hall–Kier alpha value is -2.56. The number of carbonyl (C=O) groups excluding carboxylic acids is 1. The summed E-state index contributed by atoms with van der Waals surface area (Å²) in [7, 11) is 0. The van der Waals surface area contributed by atoms with Crippen molar-refractivity contribution in [1.29, 1.82) is 5.26 Å². The van der Waals surface area contributed by atoms with Crippen molar-refractivity contribution in [2.45, 2.75) is 13.3 Å². The van der Waals surface area contributed by atoms with Gasteiger partial charge in [0.05, 0.1) is 17.1 Å².